The summed E-state index contributed by atoms with van der Waals surface area (Å²) in [5, 5.41) is 9.66. The minimum Gasteiger partial charge on any atom is -0.479 e. The fourth-order valence-electron chi connectivity index (χ4n) is 3.01. The standard InChI is InChI=1S/C18H17NO3/c1-12(20)14-7-8-16-15(11-14)9-10-19(16)17(18(21)22)13-5-3-2-4-6-13/h2-8,11,17H,9-10H2,1H3,(H,21,22). The molecule has 0 aliphatic carbocycles. The predicted octanol–water partition coefficient (Wildman–Crippen LogP) is 3.08. The second-order valence-electron chi connectivity index (χ2n) is 5.49. The SMILES string of the molecule is CC(=O)c1ccc2c(c1)CCN2C(C(=O)O)c1ccccc1. The molecule has 112 valence electrons. The number of fused-ring (bicyclic) bond motifs is 1. The van der Waals surface area contributed by atoms with Gasteiger partial charge in [0.15, 0.2) is 11.8 Å². The highest BCUT2D eigenvalue weighted by Crippen LogP contribution is 2.36. The Morgan fingerprint density at radius 2 is 1.86 bits per heavy atom. The van der Waals surface area contributed by atoms with Crippen molar-refractivity contribution in [3.05, 3.63) is 65.2 Å². The summed E-state index contributed by atoms with van der Waals surface area (Å²) in [6.07, 6.45) is 0.757. The largest absolute Gasteiger partial charge is 0.479 e. The molecular formula is C18H17NO3. The molecule has 1 aliphatic heterocycles. The molecule has 0 radical (unpaired) electrons. The lowest BCUT2D eigenvalue weighted by Crippen LogP contribution is -2.32. The van der Waals surface area contributed by atoms with Crippen LogP contribution in [0.25, 0.3) is 0 Å². The fourth-order valence-corrected chi connectivity index (χ4v) is 3.01. The van der Waals surface area contributed by atoms with E-state index in [1.54, 1.807) is 13.0 Å². The van der Waals surface area contributed by atoms with Crippen LogP contribution in [0.5, 0.6) is 0 Å². The molecule has 3 rings (SSSR count). The molecular weight excluding hydrogens is 278 g/mol. The molecule has 0 spiro atoms. The van der Waals surface area contributed by atoms with Crippen LogP contribution in [0.1, 0.15) is 34.5 Å². The van der Waals surface area contributed by atoms with Crippen LogP contribution in [-0.2, 0) is 11.2 Å². The van der Waals surface area contributed by atoms with Crippen molar-refractivity contribution < 1.29 is 14.7 Å². The number of carboxylic acid groups (broad SMARTS) is 1. The third-order valence-corrected chi connectivity index (χ3v) is 4.08. The van der Waals surface area contributed by atoms with Crippen LogP contribution in [0.4, 0.5) is 5.69 Å². The van der Waals surface area contributed by atoms with E-state index in [0.717, 1.165) is 23.2 Å². The first-order valence-corrected chi connectivity index (χ1v) is 7.26. The van der Waals surface area contributed by atoms with Gasteiger partial charge in [-0.05, 0) is 42.7 Å². The van der Waals surface area contributed by atoms with Crippen molar-refractivity contribution in [1.82, 2.24) is 0 Å². The van der Waals surface area contributed by atoms with Gasteiger partial charge in [-0.3, -0.25) is 4.79 Å². The third-order valence-electron chi connectivity index (χ3n) is 4.08. The molecule has 0 bridgehead atoms. The zero-order valence-electron chi connectivity index (χ0n) is 12.3. The first kappa shape index (κ1) is 14.3. The van der Waals surface area contributed by atoms with Crippen LogP contribution in [-0.4, -0.2) is 23.4 Å². The summed E-state index contributed by atoms with van der Waals surface area (Å²) in [7, 11) is 0. The second kappa shape index (κ2) is 5.64. The lowest BCUT2D eigenvalue weighted by Gasteiger charge is -2.27. The van der Waals surface area contributed by atoms with Crippen molar-refractivity contribution >= 4 is 17.4 Å². The van der Waals surface area contributed by atoms with Gasteiger partial charge in [0.05, 0.1) is 0 Å². The number of aliphatic carboxylic acids is 1. The molecule has 1 N–H and O–H groups in total. The van der Waals surface area contributed by atoms with Crippen LogP contribution in [0.2, 0.25) is 0 Å². The van der Waals surface area contributed by atoms with E-state index in [1.165, 1.54) is 0 Å². The van der Waals surface area contributed by atoms with Gasteiger partial charge in [0.25, 0.3) is 0 Å². The van der Waals surface area contributed by atoms with Gasteiger partial charge in [-0.25, -0.2) is 4.79 Å². The maximum Gasteiger partial charge on any atom is 0.331 e. The van der Waals surface area contributed by atoms with Gasteiger partial charge in [-0.1, -0.05) is 30.3 Å². The van der Waals surface area contributed by atoms with Crippen molar-refractivity contribution in [2.45, 2.75) is 19.4 Å². The average Bonchev–Trinajstić information content (AvgIpc) is 2.91. The molecule has 1 atom stereocenters. The number of hydrogen-bond donors (Lipinski definition) is 1. The lowest BCUT2D eigenvalue weighted by atomic mass is 10.0. The van der Waals surface area contributed by atoms with Gasteiger partial charge in [0.2, 0.25) is 0 Å². The summed E-state index contributed by atoms with van der Waals surface area (Å²) in [5.41, 5.74) is 3.38. The Morgan fingerprint density at radius 1 is 1.14 bits per heavy atom. The minimum atomic E-state index is -0.866. The Morgan fingerprint density at radius 3 is 2.50 bits per heavy atom. The van der Waals surface area contributed by atoms with E-state index in [-0.39, 0.29) is 5.78 Å². The monoisotopic (exact) mass is 295 g/mol. The Hall–Kier alpha value is -2.62. The van der Waals surface area contributed by atoms with Gasteiger partial charge < -0.3 is 10.0 Å². The first-order valence-electron chi connectivity index (χ1n) is 7.26. The lowest BCUT2D eigenvalue weighted by molar-refractivity contribution is -0.138. The number of carboxylic acids is 1. The van der Waals surface area contributed by atoms with E-state index in [1.807, 2.05) is 47.4 Å². The molecule has 22 heavy (non-hydrogen) atoms. The van der Waals surface area contributed by atoms with E-state index in [2.05, 4.69) is 0 Å². The molecule has 1 aliphatic rings. The molecule has 4 nitrogen and oxygen atoms in total. The Balaban J connectivity index is 2.00. The Kier molecular flexibility index (Phi) is 3.67. The molecule has 1 heterocycles. The predicted molar refractivity (Wildman–Crippen MR) is 84.3 cm³/mol. The molecule has 2 aromatic rings. The molecule has 1 unspecified atom stereocenters. The number of anilines is 1. The van der Waals surface area contributed by atoms with Crippen molar-refractivity contribution in [1.29, 1.82) is 0 Å². The van der Waals surface area contributed by atoms with E-state index < -0.39 is 12.0 Å². The molecule has 0 saturated heterocycles. The molecule has 2 aromatic carbocycles. The van der Waals surface area contributed by atoms with E-state index in [0.29, 0.717) is 12.1 Å². The maximum absolute atomic E-state index is 11.8. The number of carbonyl (C=O) groups is 2. The van der Waals surface area contributed by atoms with Crippen LogP contribution in [0.3, 0.4) is 0 Å². The Bertz CT molecular complexity index is 724. The van der Waals surface area contributed by atoms with Crippen molar-refractivity contribution in [2.24, 2.45) is 0 Å². The smallest absolute Gasteiger partial charge is 0.331 e. The van der Waals surface area contributed by atoms with Crippen molar-refractivity contribution in [3.8, 4) is 0 Å². The maximum atomic E-state index is 11.8. The summed E-state index contributed by atoms with van der Waals surface area (Å²) < 4.78 is 0. The number of ketones is 1. The molecule has 0 amide bonds. The number of Topliss-reactive ketones (excluding diaryl/α,β-unsaturated/α-hetero) is 1. The van der Waals surface area contributed by atoms with Crippen LogP contribution >= 0.6 is 0 Å². The highest BCUT2D eigenvalue weighted by atomic mass is 16.4. The van der Waals surface area contributed by atoms with Crippen molar-refractivity contribution in [2.75, 3.05) is 11.4 Å². The zero-order valence-corrected chi connectivity index (χ0v) is 12.3. The summed E-state index contributed by atoms with van der Waals surface area (Å²) >= 11 is 0. The van der Waals surface area contributed by atoms with Crippen LogP contribution < -0.4 is 4.90 Å². The summed E-state index contributed by atoms with van der Waals surface area (Å²) in [5.74, 6) is -0.839. The topological polar surface area (TPSA) is 57.6 Å². The number of rotatable bonds is 4. The Labute approximate surface area is 129 Å². The van der Waals surface area contributed by atoms with Crippen LogP contribution in [0.15, 0.2) is 48.5 Å². The minimum absolute atomic E-state index is 0.0269. The average molecular weight is 295 g/mol. The van der Waals surface area contributed by atoms with E-state index in [9.17, 15) is 14.7 Å². The van der Waals surface area contributed by atoms with Crippen LogP contribution in [0, 0.1) is 0 Å². The second-order valence-corrected chi connectivity index (χ2v) is 5.49. The number of hydrogen-bond acceptors (Lipinski definition) is 3. The highest BCUT2D eigenvalue weighted by molar-refractivity contribution is 5.95. The van der Waals surface area contributed by atoms with Gasteiger partial charge in [0.1, 0.15) is 0 Å². The molecule has 0 fully saturated rings. The number of carbonyl (C=O) groups excluding carboxylic acids is 1. The summed E-state index contributed by atoms with van der Waals surface area (Å²) in [6.45, 7) is 2.18. The fraction of sp³-hybridized carbons (Fsp3) is 0.222. The number of benzene rings is 2. The molecule has 4 heteroatoms. The van der Waals surface area contributed by atoms with Gasteiger partial charge in [-0.15, -0.1) is 0 Å². The zero-order chi connectivity index (χ0) is 15.7. The van der Waals surface area contributed by atoms with Gasteiger partial charge in [-0.2, -0.15) is 0 Å². The first-order chi connectivity index (χ1) is 10.6. The van der Waals surface area contributed by atoms with Gasteiger partial charge in [0, 0.05) is 17.8 Å². The summed E-state index contributed by atoms with van der Waals surface area (Å²) in [4.78, 5) is 25.2. The normalized spacial score (nSPS) is 14.5. The van der Waals surface area contributed by atoms with Crippen molar-refractivity contribution in [3.63, 3.8) is 0 Å². The highest BCUT2D eigenvalue weighted by Gasteiger charge is 2.32. The van der Waals surface area contributed by atoms with E-state index >= 15 is 0 Å². The molecule has 0 aromatic heterocycles. The van der Waals surface area contributed by atoms with Gasteiger partial charge >= 0.3 is 5.97 Å². The number of nitrogens with zero attached hydrogens (tertiary/aromatic N) is 1. The quantitative estimate of drug-likeness (QED) is 0.881. The van der Waals surface area contributed by atoms with E-state index in [4.69, 9.17) is 0 Å². The third kappa shape index (κ3) is 2.48. The summed E-state index contributed by atoms with van der Waals surface area (Å²) in [6, 6.07) is 14.0. The molecule has 0 saturated carbocycles.